The highest BCUT2D eigenvalue weighted by atomic mass is 35.5. The zero-order valence-electron chi connectivity index (χ0n) is 10.7. The molecule has 1 saturated heterocycles. The number of anilines is 1. The number of rotatable bonds is 4. The van der Waals surface area contributed by atoms with E-state index in [1.807, 2.05) is 0 Å². The quantitative estimate of drug-likeness (QED) is 0.857. The van der Waals surface area contributed by atoms with Crippen molar-refractivity contribution in [1.82, 2.24) is 4.31 Å². The Bertz CT molecular complexity index is 562. The van der Waals surface area contributed by atoms with Crippen LogP contribution in [-0.4, -0.2) is 39.5 Å². The number of nitrogen functional groups attached to an aromatic ring is 1. The predicted molar refractivity (Wildman–Crippen MR) is 74.6 cm³/mol. The van der Waals surface area contributed by atoms with Crippen LogP contribution >= 0.6 is 11.6 Å². The second kappa shape index (κ2) is 5.66. The Morgan fingerprint density at radius 2 is 2.26 bits per heavy atom. The highest BCUT2D eigenvalue weighted by Crippen LogP contribution is 2.28. The molecule has 2 rings (SSSR count). The molecule has 0 amide bonds. The largest absolute Gasteiger partial charge is 0.398 e. The average Bonchev–Trinajstić information content (AvgIpc) is 2.82. The van der Waals surface area contributed by atoms with E-state index >= 15 is 0 Å². The maximum atomic E-state index is 12.4. The molecule has 0 saturated carbocycles. The maximum absolute atomic E-state index is 12.4. The van der Waals surface area contributed by atoms with Crippen LogP contribution in [0.1, 0.15) is 6.42 Å². The summed E-state index contributed by atoms with van der Waals surface area (Å²) in [7, 11) is -1.87. The monoisotopic (exact) mass is 304 g/mol. The van der Waals surface area contributed by atoms with Gasteiger partial charge in [0.25, 0.3) is 0 Å². The summed E-state index contributed by atoms with van der Waals surface area (Å²) in [4.78, 5) is 0.185. The van der Waals surface area contributed by atoms with Gasteiger partial charge in [-0.25, -0.2) is 8.42 Å². The number of nitrogens with zero attached hydrogens (tertiary/aromatic N) is 1. The average molecular weight is 305 g/mol. The van der Waals surface area contributed by atoms with E-state index in [0.717, 1.165) is 6.42 Å². The summed E-state index contributed by atoms with van der Waals surface area (Å²) in [5, 5.41) is 0.258. The van der Waals surface area contributed by atoms with Crippen molar-refractivity contribution in [3.63, 3.8) is 0 Å². The Balaban J connectivity index is 2.21. The molecule has 19 heavy (non-hydrogen) atoms. The molecule has 1 unspecified atom stereocenters. The van der Waals surface area contributed by atoms with Crippen molar-refractivity contribution in [2.45, 2.75) is 11.3 Å². The first-order valence-corrected chi connectivity index (χ1v) is 7.81. The van der Waals surface area contributed by atoms with Crippen LogP contribution in [0.3, 0.4) is 0 Å². The molecule has 1 aliphatic rings. The van der Waals surface area contributed by atoms with Gasteiger partial charge in [-0.05, 0) is 30.5 Å². The number of nitrogens with two attached hydrogens (primary N) is 1. The van der Waals surface area contributed by atoms with Gasteiger partial charge in [-0.15, -0.1) is 0 Å². The van der Waals surface area contributed by atoms with E-state index in [1.54, 1.807) is 7.11 Å². The van der Waals surface area contributed by atoms with Gasteiger partial charge >= 0.3 is 0 Å². The van der Waals surface area contributed by atoms with Crippen LogP contribution in [0.25, 0.3) is 0 Å². The zero-order valence-corrected chi connectivity index (χ0v) is 12.2. The molecule has 0 spiro atoms. The highest BCUT2D eigenvalue weighted by molar-refractivity contribution is 7.89. The van der Waals surface area contributed by atoms with Crippen LogP contribution in [0.15, 0.2) is 23.1 Å². The molecule has 2 N–H and O–H groups in total. The van der Waals surface area contributed by atoms with Crippen molar-refractivity contribution in [3.8, 4) is 0 Å². The van der Waals surface area contributed by atoms with Crippen molar-refractivity contribution in [2.24, 2.45) is 5.92 Å². The summed E-state index contributed by atoms with van der Waals surface area (Å²) in [6.07, 6.45) is 0.815. The molecular weight excluding hydrogens is 288 g/mol. The molecule has 1 aliphatic heterocycles. The van der Waals surface area contributed by atoms with Crippen LogP contribution in [0.2, 0.25) is 5.02 Å². The Hall–Kier alpha value is -0.820. The fourth-order valence-corrected chi connectivity index (χ4v) is 4.01. The van der Waals surface area contributed by atoms with Gasteiger partial charge in [0, 0.05) is 20.2 Å². The lowest BCUT2D eigenvalue weighted by Crippen LogP contribution is -2.29. The summed E-state index contributed by atoms with van der Waals surface area (Å²) < 4.78 is 31.4. The normalized spacial score (nSPS) is 20.8. The minimum atomic E-state index is -3.49. The van der Waals surface area contributed by atoms with Gasteiger partial charge in [0.15, 0.2) is 0 Å². The van der Waals surface area contributed by atoms with Crippen molar-refractivity contribution >= 4 is 27.3 Å². The minimum absolute atomic E-state index is 0.185. The predicted octanol–water partition coefficient (Wildman–Crippen LogP) is 1.58. The van der Waals surface area contributed by atoms with Gasteiger partial charge in [0.1, 0.15) is 0 Å². The van der Waals surface area contributed by atoms with E-state index in [1.165, 1.54) is 22.5 Å². The molecule has 1 fully saturated rings. The van der Waals surface area contributed by atoms with Crippen LogP contribution < -0.4 is 5.73 Å². The molecule has 5 nitrogen and oxygen atoms in total. The molecule has 106 valence electrons. The SMILES string of the molecule is COCC1CCN(S(=O)(=O)c2ccc(N)c(Cl)c2)C1. The number of halogens is 1. The molecule has 1 aromatic carbocycles. The molecule has 1 aromatic rings. The lowest BCUT2D eigenvalue weighted by atomic mass is 10.1. The standard InChI is InChI=1S/C12H17ClN2O3S/c1-18-8-9-4-5-15(7-9)19(16,17)10-2-3-12(14)11(13)6-10/h2-3,6,9H,4-5,7-8,14H2,1H3. The summed E-state index contributed by atoms with van der Waals surface area (Å²) in [5.74, 6) is 0.254. The van der Waals surface area contributed by atoms with Crippen LogP contribution in [-0.2, 0) is 14.8 Å². The third-order valence-electron chi connectivity index (χ3n) is 3.26. The van der Waals surface area contributed by atoms with Crippen molar-refractivity contribution in [1.29, 1.82) is 0 Å². The van der Waals surface area contributed by atoms with E-state index in [0.29, 0.717) is 25.4 Å². The van der Waals surface area contributed by atoms with Gasteiger partial charge < -0.3 is 10.5 Å². The van der Waals surface area contributed by atoms with Gasteiger partial charge in [0.05, 0.1) is 22.2 Å². The molecule has 0 aliphatic carbocycles. The van der Waals surface area contributed by atoms with Crippen LogP contribution in [0.5, 0.6) is 0 Å². The molecule has 0 aromatic heterocycles. The van der Waals surface area contributed by atoms with E-state index in [9.17, 15) is 8.42 Å². The Morgan fingerprint density at radius 3 is 2.89 bits per heavy atom. The van der Waals surface area contributed by atoms with Crippen LogP contribution in [0, 0.1) is 5.92 Å². The molecule has 1 atom stereocenters. The second-order valence-electron chi connectivity index (χ2n) is 4.66. The van der Waals surface area contributed by atoms with Gasteiger partial charge in [-0.2, -0.15) is 4.31 Å². The highest BCUT2D eigenvalue weighted by Gasteiger charge is 2.32. The maximum Gasteiger partial charge on any atom is 0.243 e. The Morgan fingerprint density at radius 1 is 1.53 bits per heavy atom. The van der Waals surface area contributed by atoms with E-state index in [-0.39, 0.29) is 15.8 Å². The second-order valence-corrected chi connectivity index (χ2v) is 7.00. The fourth-order valence-electron chi connectivity index (χ4n) is 2.20. The third kappa shape index (κ3) is 3.02. The number of methoxy groups -OCH3 is 1. The smallest absolute Gasteiger partial charge is 0.243 e. The van der Waals surface area contributed by atoms with E-state index in [2.05, 4.69) is 0 Å². The topological polar surface area (TPSA) is 72.6 Å². The lowest BCUT2D eigenvalue weighted by molar-refractivity contribution is 0.157. The number of hydrogen-bond acceptors (Lipinski definition) is 4. The van der Waals surface area contributed by atoms with E-state index < -0.39 is 10.0 Å². The Labute approximate surface area is 118 Å². The Kier molecular flexibility index (Phi) is 4.35. The molecular formula is C12H17ClN2O3S. The number of hydrogen-bond donors (Lipinski definition) is 1. The first-order valence-electron chi connectivity index (χ1n) is 5.99. The fraction of sp³-hybridized carbons (Fsp3) is 0.500. The number of benzene rings is 1. The van der Waals surface area contributed by atoms with Crippen molar-refractivity contribution in [2.75, 3.05) is 32.5 Å². The first-order chi connectivity index (χ1) is 8.95. The van der Waals surface area contributed by atoms with Crippen LogP contribution in [0.4, 0.5) is 5.69 Å². The first kappa shape index (κ1) is 14.6. The zero-order chi connectivity index (χ0) is 14.0. The number of sulfonamides is 1. The lowest BCUT2D eigenvalue weighted by Gasteiger charge is -2.17. The summed E-state index contributed by atoms with van der Waals surface area (Å²) in [6, 6.07) is 4.40. The summed E-state index contributed by atoms with van der Waals surface area (Å²) >= 11 is 5.88. The molecule has 0 radical (unpaired) electrons. The van der Waals surface area contributed by atoms with Crippen molar-refractivity contribution in [3.05, 3.63) is 23.2 Å². The summed E-state index contributed by atoms with van der Waals surface area (Å²) in [6.45, 7) is 1.57. The van der Waals surface area contributed by atoms with Gasteiger partial charge in [-0.3, -0.25) is 0 Å². The molecule has 1 heterocycles. The van der Waals surface area contributed by atoms with Crippen molar-refractivity contribution < 1.29 is 13.2 Å². The molecule has 7 heteroatoms. The minimum Gasteiger partial charge on any atom is -0.398 e. The van der Waals surface area contributed by atoms with Gasteiger partial charge in [0.2, 0.25) is 10.0 Å². The number of ether oxygens (including phenoxy) is 1. The summed E-state index contributed by atoms with van der Waals surface area (Å²) in [5.41, 5.74) is 5.96. The molecule has 0 bridgehead atoms. The van der Waals surface area contributed by atoms with Gasteiger partial charge in [-0.1, -0.05) is 11.6 Å². The third-order valence-corrected chi connectivity index (χ3v) is 5.45. The van der Waals surface area contributed by atoms with E-state index in [4.69, 9.17) is 22.1 Å².